The summed E-state index contributed by atoms with van der Waals surface area (Å²) in [5.74, 6) is 0.683. The van der Waals surface area contributed by atoms with E-state index in [0.717, 1.165) is 42.6 Å². The van der Waals surface area contributed by atoms with E-state index in [4.69, 9.17) is 0 Å². The molecule has 1 saturated heterocycles. The van der Waals surface area contributed by atoms with Crippen molar-refractivity contribution >= 4 is 47.2 Å². The van der Waals surface area contributed by atoms with Crippen molar-refractivity contribution in [3.63, 3.8) is 0 Å². The van der Waals surface area contributed by atoms with E-state index < -0.39 is 11.9 Å². The number of likely N-dealkylation sites (tertiary alicyclic amines) is 1. The Bertz CT molecular complexity index is 617. The minimum Gasteiger partial charge on any atom is -0.357 e. The van der Waals surface area contributed by atoms with Gasteiger partial charge < -0.3 is 15.5 Å². The van der Waals surface area contributed by atoms with Gasteiger partial charge in [-0.05, 0) is 19.8 Å². The standard InChI is InChI=1S/C16H24F3N5OS.HI/c1-2-20-15(22-8-6-14(25)24-9-3-4-10-24)21-7-5-13-23-12(11-26-13)16(17,18)19;/h11H,2-10H2,1H3,(H2,20,21,22);1H. The average molecular weight is 519 g/mol. The second-order valence-electron chi connectivity index (χ2n) is 5.90. The van der Waals surface area contributed by atoms with E-state index >= 15 is 0 Å². The summed E-state index contributed by atoms with van der Waals surface area (Å²) in [4.78, 5) is 21.8. The van der Waals surface area contributed by atoms with E-state index in [1.165, 1.54) is 0 Å². The monoisotopic (exact) mass is 519 g/mol. The Morgan fingerprint density at radius 3 is 2.63 bits per heavy atom. The topological polar surface area (TPSA) is 69.6 Å². The molecule has 0 spiro atoms. The third-order valence-electron chi connectivity index (χ3n) is 3.87. The summed E-state index contributed by atoms with van der Waals surface area (Å²) in [5, 5.41) is 7.57. The van der Waals surface area contributed by atoms with Gasteiger partial charge in [-0.25, -0.2) is 4.98 Å². The van der Waals surface area contributed by atoms with E-state index in [-0.39, 0.29) is 29.9 Å². The van der Waals surface area contributed by atoms with Gasteiger partial charge in [0.05, 0.1) is 5.01 Å². The third kappa shape index (κ3) is 8.20. The van der Waals surface area contributed by atoms with Gasteiger partial charge in [-0.15, -0.1) is 35.3 Å². The highest BCUT2D eigenvalue weighted by Gasteiger charge is 2.33. The number of alkyl halides is 3. The molecule has 0 bridgehead atoms. The largest absolute Gasteiger partial charge is 0.434 e. The number of nitrogens with zero attached hydrogens (tertiary/aromatic N) is 3. The van der Waals surface area contributed by atoms with Crippen molar-refractivity contribution in [1.29, 1.82) is 0 Å². The summed E-state index contributed by atoms with van der Waals surface area (Å²) in [6, 6.07) is 0. The van der Waals surface area contributed by atoms with Crippen molar-refractivity contribution in [3.05, 3.63) is 16.1 Å². The van der Waals surface area contributed by atoms with E-state index in [1.54, 1.807) is 0 Å². The number of rotatable bonds is 7. The van der Waals surface area contributed by atoms with Gasteiger partial charge in [-0.2, -0.15) is 13.2 Å². The first-order valence-electron chi connectivity index (χ1n) is 8.71. The normalized spacial score (nSPS) is 14.8. The summed E-state index contributed by atoms with van der Waals surface area (Å²) in [5.41, 5.74) is -0.855. The van der Waals surface area contributed by atoms with Crippen molar-refractivity contribution in [2.45, 2.75) is 38.8 Å². The van der Waals surface area contributed by atoms with E-state index in [1.807, 2.05) is 11.8 Å². The number of amides is 1. The smallest absolute Gasteiger partial charge is 0.357 e. The summed E-state index contributed by atoms with van der Waals surface area (Å²) < 4.78 is 37.6. The molecule has 1 aromatic rings. The van der Waals surface area contributed by atoms with Crippen molar-refractivity contribution in [2.24, 2.45) is 4.99 Å². The number of guanidine groups is 1. The second kappa shape index (κ2) is 11.7. The van der Waals surface area contributed by atoms with Crippen LogP contribution in [0.5, 0.6) is 0 Å². The number of hydrogen-bond acceptors (Lipinski definition) is 4. The molecule has 1 amide bonds. The van der Waals surface area contributed by atoms with Crippen LogP contribution in [-0.4, -0.2) is 54.5 Å². The number of carbonyl (C=O) groups is 1. The number of nitrogens with one attached hydrogen (secondary N) is 2. The second-order valence-corrected chi connectivity index (χ2v) is 6.84. The molecule has 2 rings (SSSR count). The van der Waals surface area contributed by atoms with Crippen molar-refractivity contribution in [2.75, 3.05) is 32.7 Å². The zero-order valence-corrected chi connectivity index (χ0v) is 18.3. The zero-order valence-electron chi connectivity index (χ0n) is 15.1. The molecule has 6 nitrogen and oxygen atoms in total. The highest BCUT2D eigenvalue weighted by atomic mass is 127. The Morgan fingerprint density at radius 1 is 1.33 bits per heavy atom. The molecule has 0 radical (unpaired) electrons. The molecular formula is C16H25F3IN5OS. The van der Waals surface area contributed by atoms with Crippen LogP contribution in [0.3, 0.4) is 0 Å². The molecule has 0 saturated carbocycles. The van der Waals surface area contributed by atoms with Crippen LogP contribution in [0, 0.1) is 0 Å². The fraction of sp³-hybridized carbons (Fsp3) is 0.688. The predicted molar refractivity (Wildman–Crippen MR) is 111 cm³/mol. The van der Waals surface area contributed by atoms with Crippen molar-refractivity contribution in [1.82, 2.24) is 20.5 Å². The molecule has 1 fully saturated rings. The SMILES string of the molecule is CCNC(=NCCc1nc(C(F)(F)F)cs1)NCCC(=O)N1CCCC1.I. The molecule has 1 aromatic heterocycles. The zero-order chi connectivity index (χ0) is 19.0. The first-order valence-corrected chi connectivity index (χ1v) is 9.59. The summed E-state index contributed by atoms with van der Waals surface area (Å²) >= 11 is 0.986. The average Bonchev–Trinajstić information content (AvgIpc) is 3.26. The summed E-state index contributed by atoms with van der Waals surface area (Å²) in [6.45, 7) is 5.03. The van der Waals surface area contributed by atoms with Gasteiger partial charge in [0.1, 0.15) is 0 Å². The molecule has 1 aliphatic rings. The van der Waals surface area contributed by atoms with Crippen molar-refractivity contribution < 1.29 is 18.0 Å². The minimum atomic E-state index is -4.41. The van der Waals surface area contributed by atoms with Gasteiger partial charge in [0.2, 0.25) is 5.91 Å². The molecule has 154 valence electrons. The van der Waals surface area contributed by atoms with Gasteiger partial charge in [0, 0.05) is 50.9 Å². The minimum absolute atomic E-state index is 0. The predicted octanol–water partition coefficient (Wildman–Crippen LogP) is 2.89. The van der Waals surface area contributed by atoms with Crippen LogP contribution in [-0.2, 0) is 17.4 Å². The quantitative estimate of drug-likeness (QED) is 0.331. The van der Waals surface area contributed by atoms with E-state index in [0.29, 0.717) is 43.4 Å². The molecule has 1 aliphatic heterocycles. The fourth-order valence-electron chi connectivity index (χ4n) is 2.57. The van der Waals surface area contributed by atoms with Gasteiger partial charge in [-0.1, -0.05) is 0 Å². The molecule has 0 atom stereocenters. The molecule has 27 heavy (non-hydrogen) atoms. The lowest BCUT2D eigenvalue weighted by Crippen LogP contribution is -2.39. The molecular weight excluding hydrogens is 494 g/mol. The number of halogens is 4. The maximum Gasteiger partial charge on any atom is 0.434 e. The first-order chi connectivity index (χ1) is 12.4. The molecule has 2 heterocycles. The van der Waals surface area contributed by atoms with Gasteiger partial charge in [0.25, 0.3) is 0 Å². The Labute approximate surface area is 178 Å². The Balaban J connectivity index is 0.00000364. The maximum absolute atomic E-state index is 12.5. The highest BCUT2D eigenvalue weighted by Crippen LogP contribution is 2.30. The number of hydrogen-bond donors (Lipinski definition) is 2. The molecule has 2 N–H and O–H groups in total. The third-order valence-corrected chi connectivity index (χ3v) is 4.78. The Morgan fingerprint density at radius 2 is 2.04 bits per heavy atom. The number of aromatic nitrogens is 1. The summed E-state index contributed by atoms with van der Waals surface area (Å²) in [6.07, 6.45) is -1.54. The molecule has 0 aliphatic carbocycles. The van der Waals surface area contributed by atoms with Gasteiger partial charge in [0.15, 0.2) is 11.7 Å². The lowest BCUT2D eigenvalue weighted by Gasteiger charge is -2.16. The lowest BCUT2D eigenvalue weighted by molar-refractivity contribution is -0.140. The van der Waals surface area contributed by atoms with Crippen LogP contribution < -0.4 is 10.6 Å². The summed E-state index contributed by atoms with van der Waals surface area (Å²) in [7, 11) is 0. The van der Waals surface area contributed by atoms with Crippen LogP contribution in [0.25, 0.3) is 0 Å². The van der Waals surface area contributed by atoms with Crippen LogP contribution in [0.15, 0.2) is 10.4 Å². The number of aliphatic imine (C=N–C) groups is 1. The van der Waals surface area contributed by atoms with Gasteiger partial charge in [-0.3, -0.25) is 9.79 Å². The van der Waals surface area contributed by atoms with Gasteiger partial charge >= 0.3 is 6.18 Å². The number of carbonyl (C=O) groups excluding carboxylic acids is 1. The van der Waals surface area contributed by atoms with E-state index in [2.05, 4.69) is 20.6 Å². The van der Waals surface area contributed by atoms with Crippen molar-refractivity contribution in [3.8, 4) is 0 Å². The van der Waals surface area contributed by atoms with E-state index in [9.17, 15) is 18.0 Å². The lowest BCUT2D eigenvalue weighted by atomic mass is 10.3. The van der Waals surface area contributed by atoms with Crippen LogP contribution >= 0.6 is 35.3 Å². The van der Waals surface area contributed by atoms with Crippen LogP contribution in [0.2, 0.25) is 0 Å². The number of thiazole rings is 1. The highest BCUT2D eigenvalue weighted by molar-refractivity contribution is 14.0. The molecule has 0 unspecified atom stereocenters. The Hall–Kier alpha value is -1.11. The Kier molecular flexibility index (Phi) is 10.3. The van der Waals surface area contributed by atoms with Crippen LogP contribution in [0.1, 0.15) is 36.9 Å². The molecule has 0 aromatic carbocycles. The maximum atomic E-state index is 12.5. The fourth-order valence-corrected chi connectivity index (χ4v) is 3.37. The van der Waals surface area contributed by atoms with Crippen LogP contribution in [0.4, 0.5) is 13.2 Å². The first kappa shape index (κ1) is 23.9. The molecule has 11 heteroatoms.